The number of aryl methyl sites for hydroxylation is 1. The lowest BCUT2D eigenvalue weighted by molar-refractivity contribution is 0.0623. The second-order valence-electron chi connectivity index (χ2n) is 6.21. The van der Waals surface area contributed by atoms with Gasteiger partial charge in [0.15, 0.2) is 0 Å². The van der Waals surface area contributed by atoms with Gasteiger partial charge in [0.2, 0.25) is 0 Å². The topological polar surface area (TPSA) is 59.2 Å². The molecule has 1 saturated heterocycles. The molecule has 0 bridgehead atoms. The number of nitrogens with zero attached hydrogens (tertiary/aromatic N) is 2. The van der Waals surface area contributed by atoms with Crippen LogP contribution in [0.1, 0.15) is 35.2 Å². The predicted molar refractivity (Wildman–Crippen MR) is 107 cm³/mol. The smallest absolute Gasteiger partial charge is 0.255 e. The minimum atomic E-state index is 0. The van der Waals surface area contributed by atoms with E-state index in [0.29, 0.717) is 12.1 Å². The third kappa shape index (κ3) is 4.94. The second kappa shape index (κ2) is 9.76. The van der Waals surface area contributed by atoms with Crippen LogP contribution in [0, 0.1) is 6.92 Å². The lowest BCUT2D eigenvalue weighted by atomic mass is 10.00. The fraction of sp³-hybridized carbons (Fsp3) is 0.368. The van der Waals surface area contributed by atoms with Crippen molar-refractivity contribution < 1.29 is 4.79 Å². The van der Waals surface area contributed by atoms with Crippen molar-refractivity contribution in [3.8, 4) is 11.1 Å². The fourth-order valence-electron chi connectivity index (χ4n) is 3.14. The van der Waals surface area contributed by atoms with Gasteiger partial charge in [0.1, 0.15) is 0 Å². The number of likely N-dealkylation sites (tertiary alicyclic amines) is 1. The molecule has 1 aliphatic rings. The highest BCUT2D eigenvalue weighted by Crippen LogP contribution is 2.23. The number of benzene rings is 1. The Balaban J connectivity index is 0.00000156. The number of carbonyl (C=O) groups is 1. The highest BCUT2D eigenvalue weighted by molar-refractivity contribution is 5.95. The van der Waals surface area contributed by atoms with Gasteiger partial charge in [0.05, 0.1) is 5.56 Å². The zero-order valence-corrected chi connectivity index (χ0v) is 16.0. The van der Waals surface area contributed by atoms with Crippen molar-refractivity contribution in [2.75, 3.05) is 13.1 Å². The predicted octanol–water partition coefficient (Wildman–Crippen LogP) is 3.85. The Morgan fingerprint density at radius 2 is 1.88 bits per heavy atom. The summed E-state index contributed by atoms with van der Waals surface area (Å²) in [5.41, 5.74) is 9.74. The number of amides is 1. The minimum absolute atomic E-state index is 0. The Morgan fingerprint density at radius 1 is 1.16 bits per heavy atom. The number of carbonyl (C=O) groups excluding carboxylic acids is 1. The van der Waals surface area contributed by atoms with Crippen LogP contribution >= 0.6 is 24.8 Å². The number of nitrogens with two attached hydrogens (primary N) is 1. The van der Waals surface area contributed by atoms with Crippen LogP contribution in [0.2, 0.25) is 0 Å². The number of hydrogen-bond acceptors (Lipinski definition) is 3. The first-order valence-electron chi connectivity index (χ1n) is 8.22. The van der Waals surface area contributed by atoms with Gasteiger partial charge in [-0.3, -0.25) is 9.78 Å². The van der Waals surface area contributed by atoms with Gasteiger partial charge in [-0.15, -0.1) is 24.8 Å². The van der Waals surface area contributed by atoms with Gasteiger partial charge in [-0.05, 0) is 37.8 Å². The van der Waals surface area contributed by atoms with Crippen molar-refractivity contribution in [2.45, 2.75) is 32.2 Å². The van der Waals surface area contributed by atoms with Gasteiger partial charge in [-0.1, -0.05) is 29.8 Å². The molecule has 6 heteroatoms. The maximum atomic E-state index is 12.8. The van der Waals surface area contributed by atoms with E-state index in [1.54, 1.807) is 12.4 Å². The summed E-state index contributed by atoms with van der Waals surface area (Å²) >= 11 is 0. The molecule has 1 aromatic carbocycles. The summed E-state index contributed by atoms with van der Waals surface area (Å²) in [5, 5.41) is 0. The average molecular weight is 382 g/mol. The van der Waals surface area contributed by atoms with Crippen LogP contribution in [-0.4, -0.2) is 34.9 Å². The van der Waals surface area contributed by atoms with Crippen molar-refractivity contribution in [3.63, 3.8) is 0 Å². The van der Waals surface area contributed by atoms with E-state index in [4.69, 9.17) is 5.73 Å². The summed E-state index contributed by atoms with van der Waals surface area (Å²) in [5.74, 6) is 0.0432. The molecule has 0 radical (unpaired) electrons. The highest BCUT2D eigenvalue weighted by Gasteiger charge is 2.26. The van der Waals surface area contributed by atoms with Crippen LogP contribution < -0.4 is 5.73 Å². The third-order valence-corrected chi connectivity index (χ3v) is 4.53. The Kier molecular flexibility index (Phi) is 8.36. The molecule has 1 amide bonds. The van der Waals surface area contributed by atoms with Crippen molar-refractivity contribution in [1.82, 2.24) is 9.88 Å². The lowest BCUT2D eigenvalue weighted by Crippen LogP contribution is -2.47. The number of aromatic nitrogens is 1. The van der Waals surface area contributed by atoms with E-state index in [9.17, 15) is 4.79 Å². The van der Waals surface area contributed by atoms with E-state index in [1.807, 2.05) is 11.0 Å². The van der Waals surface area contributed by atoms with Gasteiger partial charge in [-0.2, -0.15) is 0 Å². The minimum Gasteiger partial charge on any atom is -0.334 e. The van der Waals surface area contributed by atoms with Crippen LogP contribution in [-0.2, 0) is 0 Å². The van der Waals surface area contributed by atoms with Crippen molar-refractivity contribution >= 4 is 30.7 Å². The Bertz CT molecular complexity index is 691. The number of hydrogen-bond donors (Lipinski definition) is 1. The molecule has 2 N–H and O–H groups in total. The molecule has 2 aromatic rings. The fourth-order valence-corrected chi connectivity index (χ4v) is 3.14. The highest BCUT2D eigenvalue weighted by atomic mass is 35.5. The van der Waals surface area contributed by atoms with Crippen LogP contribution in [0.25, 0.3) is 11.1 Å². The van der Waals surface area contributed by atoms with Gasteiger partial charge >= 0.3 is 0 Å². The van der Waals surface area contributed by atoms with E-state index >= 15 is 0 Å². The van der Waals surface area contributed by atoms with Gasteiger partial charge in [-0.25, -0.2) is 0 Å². The quantitative estimate of drug-likeness (QED) is 0.877. The molecule has 1 fully saturated rings. The molecule has 1 aromatic heterocycles. The monoisotopic (exact) mass is 381 g/mol. The van der Waals surface area contributed by atoms with Crippen molar-refractivity contribution in [2.24, 2.45) is 5.73 Å². The van der Waals surface area contributed by atoms with Gasteiger partial charge in [0, 0.05) is 37.1 Å². The van der Waals surface area contributed by atoms with E-state index in [2.05, 4.69) is 36.2 Å². The standard InChI is InChI=1S/C19H23N3O.2ClH/c1-14-5-7-15(8-6-14)16-10-17(13-21-12-16)19(23)22-9-3-2-4-18(22)11-20;;/h5-8,10,12-13,18H,2-4,9,11,20H2,1H3;2*1H. The molecule has 0 saturated carbocycles. The van der Waals surface area contributed by atoms with Gasteiger partial charge < -0.3 is 10.6 Å². The molecule has 1 unspecified atom stereocenters. The number of pyridine rings is 1. The lowest BCUT2D eigenvalue weighted by Gasteiger charge is -2.35. The zero-order valence-electron chi connectivity index (χ0n) is 14.4. The molecular formula is C19H25Cl2N3O. The van der Waals surface area contributed by atoms with Crippen LogP contribution in [0.4, 0.5) is 0 Å². The van der Waals surface area contributed by atoms with E-state index < -0.39 is 0 Å². The molecule has 2 heterocycles. The number of piperidine rings is 1. The summed E-state index contributed by atoms with van der Waals surface area (Å²) < 4.78 is 0. The molecular weight excluding hydrogens is 357 g/mol. The van der Waals surface area contributed by atoms with Crippen LogP contribution in [0.5, 0.6) is 0 Å². The molecule has 25 heavy (non-hydrogen) atoms. The molecule has 136 valence electrons. The van der Waals surface area contributed by atoms with E-state index in [-0.39, 0.29) is 36.8 Å². The Labute approximate surface area is 161 Å². The first-order chi connectivity index (χ1) is 11.2. The number of rotatable bonds is 3. The summed E-state index contributed by atoms with van der Waals surface area (Å²) in [4.78, 5) is 19.0. The van der Waals surface area contributed by atoms with E-state index in [1.165, 1.54) is 5.56 Å². The molecule has 0 spiro atoms. The Morgan fingerprint density at radius 3 is 2.56 bits per heavy atom. The average Bonchev–Trinajstić information content (AvgIpc) is 2.62. The first kappa shape index (κ1) is 21.4. The summed E-state index contributed by atoms with van der Waals surface area (Å²) in [7, 11) is 0. The molecule has 1 atom stereocenters. The molecule has 4 nitrogen and oxygen atoms in total. The SMILES string of the molecule is Cc1ccc(-c2cncc(C(=O)N3CCCCC3CN)c2)cc1.Cl.Cl. The van der Waals surface area contributed by atoms with Gasteiger partial charge in [0.25, 0.3) is 5.91 Å². The maximum Gasteiger partial charge on any atom is 0.255 e. The summed E-state index contributed by atoms with van der Waals surface area (Å²) in [6, 6.07) is 10.3. The normalized spacial score (nSPS) is 16.6. The zero-order chi connectivity index (χ0) is 16.2. The van der Waals surface area contributed by atoms with E-state index in [0.717, 1.165) is 36.9 Å². The second-order valence-corrected chi connectivity index (χ2v) is 6.21. The molecule has 1 aliphatic heterocycles. The molecule has 0 aliphatic carbocycles. The molecule has 3 rings (SSSR count). The van der Waals surface area contributed by atoms with Crippen molar-refractivity contribution in [1.29, 1.82) is 0 Å². The largest absolute Gasteiger partial charge is 0.334 e. The number of halogens is 2. The van der Waals surface area contributed by atoms with Crippen LogP contribution in [0.15, 0.2) is 42.7 Å². The first-order valence-corrected chi connectivity index (χ1v) is 8.22. The summed E-state index contributed by atoms with van der Waals surface area (Å²) in [6.45, 7) is 3.37. The van der Waals surface area contributed by atoms with Crippen LogP contribution in [0.3, 0.4) is 0 Å². The maximum absolute atomic E-state index is 12.8. The summed E-state index contributed by atoms with van der Waals surface area (Å²) in [6.07, 6.45) is 6.65. The van der Waals surface area contributed by atoms with Crippen molar-refractivity contribution in [3.05, 3.63) is 53.9 Å². The third-order valence-electron chi connectivity index (χ3n) is 4.53. The Hall–Kier alpha value is -1.62.